The lowest BCUT2D eigenvalue weighted by Gasteiger charge is -2.38. The van der Waals surface area contributed by atoms with Gasteiger partial charge in [0.15, 0.2) is 0 Å². The van der Waals surface area contributed by atoms with Crippen LogP contribution in [0.5, 0.6) is 0 Å². The Bertz CT molecular complexity index is 458. The number of carbonyl (C=O) groups excluding carboxylic acids is 1. The van der Waals surface area contributed by atoms with Gasteiger partial charge in [-0.15, -0.1) is 0 Å². The van der Waals surface area contributed by atoms with Crippen LogP contribution >= 0.6 is 11.8 Å². The monoisotopic (exact) mass is 306 g/mol. The second-order valence-electron chi connectivity index (χ2n) is 5.75. The molecule has 1 aromatic rings. The van der Waals surface area contributed by atoms with Crippen LogP contribution in [0.3, 0.4) is 0 Å². The number of amides is 1. The molecule has 2 atom stereocenters. The highest BCUT2D eigenvalue weighted by atomic mass is 32.2. The van der Waals surface area contributed by atoms with Crippen molar-refractivity contribution in [2.75, 3.05) is 12.3 Å². The molecule has 116 valence electrons. The molecule has 0 aromatic heterocycles. The average Bonchev–Trinajstić information content (AvgIpc) is 2.52. The number of nitrogens with zero attached hydrogens (tertiary/aromatic N) is 1. The number of carbonyl (C=O) groups is 1. The highest BCUT2D eigenvalue weighted by molar-refractivity contribution is 7.98. The van der Waals surface area contributed by atoms with E-state index >= 15 is 0 Å². The summed E-state index contributed by atoms with van der Waals surface area (Å²) in [6.07, 6.45) is 3.28. The highest BCUT2D eigenvalue weighted by Gasteiger charge is 2.29. The lowest BCUT2D eigenvalue weighted by atomic mass is 9.96. The maximum Gasteiger partial charge on any atom is 0.254 e. The van der Waals surface area contributed by atoms with Gasteiger partial charge in [-0.25, -0.2) is 0 Å². The first-order valence-electron chi connectivity index (χ1n) is 7.86. The van der Waals surface area contributed by atoms with Gasteiger partial charge in [-0.3, -0.25) is 4.79 Å². The van der Waals surface area contributed by atoms with Crippen molar-refractivity contribution in [3.05, 3.63) is 35.4 Å². The number of likely N-dealkylation sites (tertiary alicyclic amines) is 1. The van der Waals surface area contributed by atoms with Gasteiger partial charge < -0.3 is 10.6 Å². The van der Waals surface area contributed by atoms with Crippen LogP contribution in [-0.2, 0) is 5.75 Å². The smallest absolute Gasteiger partial charge is 0.254 e. The first-order chi connectivity index (χ1) is 10.1. The fraction of sp³-hybridized carbons (Fsp3) is 0.588. The van der Waals surface area contributed by atoms with E-state index in [1.54, 1.807) is 0 Å². The molecular formula is C17H26N2OS. The Labute approximate surface area is 132 Å². The number of hydrogen-bond acceptors (Lipinski definition) is 3. The fourth-order valence-electron chi connectivity index (χ4n) is 2.89. The molecular weight excluding hydrogens is 280 g/mol. The maximum absolute atomic E-state index is 12.7. The van der Waals surface area contributed by atoms with E-state index in [4.69, 9.17) is 5.73 Å². The third-order valence-corrected chi connectivity index (χ3v) is 5.04. The number of hydrogen-bond donors (Lipinski definition) is 1. The largest absolute Gasteiger partial charge is 0.334 e. The van der Waals surface area contributed by atoms with E-state index in [9.17, 15) is 4.79 Å². The lowest BCUT2D eigenvalue weighted by molar-refractivity contribution is 0.0584. The molecule has 0 bridgehead atoms. The zero-order chi connectivity index (χ0) is 15.2. The van der Waals surface area contributed by atoms with E-state index < -0.39 is 0 Å². The Hall–Kier alpha value is -1.00. The van der Waals surface area contributed by atoms with Gasteiger partial charge in [0, 0.05) is 29.9 Å². The third kappa shape index (κ3) is 4.24. The maximum atomic E-state index is 12.7. The molecule has 0 radical (unpaired) electrons. The Morgan fingerprint density at radius 2 is 2.10 bits per heavy atom. The molecule has 3 nitrogen and oxygen atoms in total. The Kier molecular flexibility index (Phi) is 6.12. The minimum atomic E-state index is 0.0366. The van der Waals surface area contributed by atoms with Crippen molar-refractivity contribution in [2.45, 2.75) is 50.9 Å². The molecule has 0 spiro atoms. The molecule has 1 amide bonds. The van der Waals surface area contributed by atoms with Gasteiger partial charge in [-0.1, -0.05) is 19.1 Å². The van der Waals surface area contributed by atoms with E-state index in [1.165, 1.54) is 12.0 Å². The van der Waals surface area contributed by atoms with E-state index in [0.29, 0.717) is 0 Å². The summed E-state index contributed by atoms with van der Waals surface area (Å²) in [5.74, 6) is 2.26. The van der Waals surface area contributed by atoms with Gasteiger partial charge in [-0.05, 0) is 49.6 Å². The van der Waals surface area contributed by atoms with Crippen LogP contribution in [-0.4, -0.2) is 35.2 Å². The van der Waals surface area contributed by atoms with E-state index in [-0.39, 0.29) is 18.0 Å². The summed E-state index contributed by atoms with van der Waals surface area (Å²) in [4.78, 5) is 14.7. The summed E-state index contributed by atoms with van der Waals surface area (Å²) in [6, 6.07) is 8.28. The van der Waals surface area contributed by atoms with Crippen molar-refractivity contribution in [2.24, 2.45) is 5.73 Å². The van der Waals surface area contributed by atoms with E-state index in [1.807, 2.05) is 35.7 Å². The average molecular weight is 306 g/mol. The molecule has 1 fully saturated rings. The van der Waals surface area contributed by atoms with Crippen LogP contribution in [0.15, 0.2) is 24.3 Å². The van der Waals surface area contributed by atoms with E-state index in [2.05, 4.69) is 19.1 Å². The molecule has 1 aliphatic rings. The minimum absolute atomic E-state index is 0.0366. The number of piperidine rings is 1. The van der Waals surface area contributed by atoms with Gasteiger partial charge in [0.2, 0.25) is 0 Å². The molecule has 1 aliphatic heterocycles. The fourth-order valence-corrected chi connectivity index (χ4v) is 3.52. The summed E-state index contributed by atoms with van der Waals surface area (Å²) in [7, 11) is 0. The number of nitrogens with two attached hydrogens (primary N) is 1. The quantitative estimate of drug-likeness (QED) is 0.908. The predicted molar refractivity (Wildman–Crippen MR) is 90.6 cm³/mol. The molecule has 1 aromatic carbocycles. The molecule has 1 heterocycles. The zero-order valence-electron chi connectivity index (χ0n) is 13.0. The first kappa shape index (κ1) is 16.4. The van der Waals surface area contributed by atoms with Crippen molar-refractivity contribution >= 4 is 17.7 Å². The van der Waals surface area contributed by atoms with Crippen LogP contribution in [0.4, 0.5) is 0 Å². The van der Waals surface area contributed by atoms with Gasteiger partial charge in [0.1, 0.15) is 0 Å². The topological polar surface area (TPSA) is 46.3 Å². The van der Waals surface area contributed by atoms with E-state index in [0.717, 1.165) is 36.5 Å². The van der Waals surface area contributed by atoms with Crippen molar-refractivity contribution in [1.82, 2.24) is 4.90 Å². The summed E-state index contributed by atoms with van der Waals surface area (Å²) in [5.41, 5.74) is 8.12. The summed E-state index contributed by atoms with van der Waals surface area (Å²) in [5, 5.41) is 0. The van der Waals surface area contributed by atoms with Crippen molar-refractivity contribution in [3.8, 4) is 0 Å². The van der Waals surface area contributed by atoms with Crippen molar-refractivity contribution in [3.63, 3.8) is 0 Å². The molecule has 1 saturated heterocycles. The zero-order valence-corrected chi connectivity index (χ0v) is 13.9. The van der Waals surface area contributed by atoms with Crippen LogP contribution < -0.4 is 5.73 Å². The molecule has 2 rings (SSSR count). The Balaban J connectivity index is 2.07. The predicted octanol–water partition coefficient (Wildman–Crippen LogP) is 3.28. The van der Waals surface area contributed by atoms with Crippen molar-refractivity contribution in [1.29, 1.82) is 0 Å². The number of thioether (sulfide) groups is 1. The molecule has 0 saturated carbocycles. The Morgan fingerprint density at radius 3 is 2.71 bits per heavy atom. The summed E-state index contributed by atoms with van der Waals surface area (Å²) in [6.45, 7) is 4.99. The van der Waals surface area contributed by atoms with Gasteiger partial charge in [-0.2, -0.15) is 11.8 Å². The van der Waals surface area contributed by atoms with Crippen LogP contribution in [0.2, 0.25) is 0 Å². The third-order valence-electron chi connectivity index (χ3n) is 4.09. The SMILES string of the molecule is CCSCc1ccc(C(=O)N2CCCCC2C(C)N)cc1. The van der Waals surface area contributed by atoms with Crippen molar-refractivity contribution < 1.29 is 4.79 Å². The van der Waals surface area contributed by atoms with Crippen LogP contribution in [0, 0.1) is 0 Å². The number of rotatable bonds is 5. The van der Waals surface area contributed by atoms with Crippen LogP contribution in [0.25, 0.3) is 0 Å². The lowest BCUT2D eigenvalue weighted by Crippen LogP contribution is -2.51. The molecule has 0 aliphatic carbocycles. The molecule has 2 N–H and O–H groups in total. The second kappa shape index (κ2) is 7.85. The standard InChI is InChI=1S/C17H26N2OS/c1-3-21-12-14-7-9-15(10-8-14)17(20)19-11-5-4-6-16(19)13(2)18/h7-10,13,16H,3-6,11-12,18H2,1-2H3. The van der Waals surface area contributed by atoms with Gasteiger partial charge in [0.25, 0.3) is 5.91 Å². The highest BCUT2D eigenvalue weighted by Crippen LogP contribution is 2.22. The molecule has 2 unspecified atom stereocenters. The summed E-state index contributed by atoms with van der Waals surface area (Å²) < 4.78 is 0. The molecule has 4 heteroatoms. The first-order valence-corrected chi connectivity index (χ1v) is 9.02. The Morgan fingerprint density at radius 1 is 1.38 bits per heavy atom. The summed E-state index contributed by atoms with van der Waals surface area (Å²) >= 11 is 1.90. The van der Waals surface area contributed by atoms with Gasteiger partial charge >= 0.3 is 0 Å². The number of benzene rings is 1. The molecule has 21 heavy (non-hydrogen) atoms. The minimum Gasteiger partial charge on any atom is -0.334 e. The van der Waals surface area contributed by atoms with Crippen LogP contribution in [0.1, 0.15) is 49.0 Å². The normalized spacial score (nSPS) is 20.3. The second-order valence-corrected chi connectivity index (χ2v) is 7.03. The van der Waals surface area contributed by atoms with Gasteiger partial charge in [0.05, 0.1) is 0 Å².